The van der Waals surface area contributed by atoms with E-state index in [9.17, 15) is 0 Å². The molecule has 3 aliphatic rings. The molecule has 1 aliphatic carbocycles. The fraction of sp³-hybridized carbons (Fsp3) is 1.00. The van der Waals surface area contributed by atoms with E-state index in [1.54, 1.807) is 0 Å². The Labute approximate surface area is 105 Å². The van der Waals surface area contributed by atoms with Gasteiger partial charge in [0.05, 0.1) is 24.4 Å². The van der Waals surface area contributed by atoms with Gasteiger partial charge in [0, 0.05) is 0 Å². The molecule has 0 aromatic heterocycles. The molecule has 3 rings (SSSR count). The van der Waals surface area contributed by atoms with Crippen molar-refractivity contribution in [1.82, 2.24) is 0 Å². The molecule has 2 heterocycles. The van der Waals surface area contributed by atoms with Crippen LogP contribution in [0, 0.1) is 11.8 Å². The number of hydrogen-bond donors (Lipinski definition) is 0. The van der Waals surface area contributed by atoms with E-state index in [0.29, 0.717) is 24.4 Å². The first-order chi connectivity index (χ1) is 8.28. The number of ether oxygens (including phenoxy) is 2. The lowest BCUT2D eigenvalue weighted by atomic mass is 9.80. The van der Waals surface area contributed by atoms with Crippen LogP contribution in [0.25, 0.3) is 0 Å². The highest BCUT2D eigenvalue weighted by atomic mass is 16.6. The van der Waals surface area contributed by atoms with Gasteiger partial charge in [-0.3, -0.25) is 0 Å². The lowest BCUT2D eigenvalue weighted by Crippen LogP contribution is -2.21. The van der Waals surface area contributed by atoms with Crippen molar-refractivity contribution in [1.29, 1.82) is 0 Å². The topological polar surface area (TPSA) is 25.1 Å². The van der Waals surface area contributed by atoms with Crippen LogP contribution in [0.4, 0.5) is 0 Å². The third-order valence-electron chi connectivity index (χ3n) is 4.82. The van der Waals surface area contributed by atoms with Crippen molar-refractivity contribution in [3.63, 3.8) is 0 Å². The van der Waals surface area contributed by atoms with Crippen molar-refractivity contribution in [2.45, 2.75) is 83.2 Å². The van der Waals surface area contributed by atoms with Crippen LogP contribution in [0.5, 0.6) is 0 Å². The molecule has 0 bridgehead atoms. The van der Waals surface area contributed by atoms with Gasteiger partial charge in [-0.1, -0.05) is 33.1 Å². The van der Waals surface area contributed by atoms with Gasteiger partial charge in [0.25, 0.3) is 0 Å². The number of rotatable bonds is 6. The Morgan fingerprint density at radius 2 is 1.82 bits per heavy atom. The number of hydrogen-bond acceptors (Lipinski definition) is 2. The van der Waals surface area contributed by atoms with Crippen LogP contribution in [0.1, 0.15) is 58.8 Å². The maximum absolute atomic E-state index is 5.68. The Kier molecular flexibility index (Phi) is 3.45. The lowest BCUT2D eigenvalue weighted by molar-refractivity contribution is 0.289. The Morgan fingerprint density at radius 3 is 2.59 bits per heavy atom. The highest BCUT2D eigenvalue weighted by molar-refractivity contribution is 4.96. The summed E-state index contributed by atoms with van der Waals surface area (Å²) in [5, 5.41) is 0. The molecule has 0 spiro atoms. The van der Waals surface area contributed by atoms with Gasteiger partial charge >= 0.3 is 0 Å². The summed E-state index contributed by atoms with van der Waals surface area (Å²) in [5.74, 6) is 1.74. The second kappa shape index (κ2) is 4.89. The Bertz CT molecular complexity index is 266. The molecule has 0 aromatic rings. The first-order valence-electron chi connectivity index (χ1n) is 7.59. The minimum absolute atomic E-state index is 0.612. The van der Waals surface area contributed by atoms with Crippen LogP contribution >= 0.6 is 0 Å². The maximum Gasteiger partial charge on any atom is 0.0867 e. The molecule has 2 aliphatic heterocycles. The van der Waals surface area contributed by atoms with Gasteiger partial charge in [-0.25, -0.2) is 0 Å². The highest BCUT2D eigenvalue weighted by Gasteiger charge is 2.48. The van der Waals surface area contributed by atoms with Crippen molar-refractivity contribution in [3.8, 4) is 0 Å². The van der Waals surface area contributed by atoms with Crippen LogP contribution in [-0.4, -0.2) is 24.4 Å². The molecule has 2 nitrogen and oxygen atoms in total. The van der Waals surface area contributed by atoms with Gasteiger partial charge in [0.15, 0.2) is 0 Å². The molecule has 0 radical (unpaired) electrons. The van der Waals surface area contributed by atoms with Gasteiger partial charge in [0.2, 0.25) is 0 Å². The van der Waals surface area contributed by atoms with Gasteiger partial charge in [-0.15, -0.1) is 0 Å². The van der Waals surface area contributed by atoms with Crippen molar-refractivity contribution in [3.05, 3.63) is 0 Å². The van der Waals surface area contributed by atoms with Crippen molar-refractivity contribution in [2.75, 3.05) is 0 Å². The average Bonchev–Trinajstić information content (AvgIpc) is 3.15. The second-order valence-corrected chi connectivity index (χ2v) is 6.39. The van der Waals surface area contributed by atoms with Gasteiger partial charge < -0.3 is 9.47 Å². The lowest BCUT2D eigenvalue weighted by Gasteiger charge is -2.23. The zero-order chi connectivity index (χ0) is 11.8. The number of epoxide rings is 2. The fourth-order valence-electron chi connectivity index (χ4n) is 3.75. The molecular formula is C15H26O2. The van der Waals surface area contributed by atoms with Crippen LogP contribution in [0.2, 0.25) is 0 Å². The Balaban J connectivity index is 1.30. The maximum atomic E-state index is 5.68. The molecule has 0 amide bonds. The summed E-state index contributed by atoms with van der Waals surface area (Å²) in [7, 11) is 0. The molecule has 1 saturated carbocycles. The van der Waals surface area contributed by atoms with E-state index in [1.165, 1.54) is 44.9 Å². The summed E-state index contributed by atoms with van der Waals surface area (Å²) < 4.78 is 11.4. The summed E-state index contributed by atoms with van der Waals surface area (Å²) in [5.41, 5.74) is 0. The van der Waals surface area contributed by atoms with E-state index in [-0.39, 0.29) is 0 Å². The molecule has 3 fully saturated rings. The van der Waals surface area contributed by atoms with Crippen LogP contribution in [0.15, 0.2) is 0 Å². The largest absolute Gasteiger partial charge is 0.370 e. The molecule has 0 aromatic carbocycles. The van der Waals surface area contributed by atoms with Gasteiger partial charge in [0.1, 0.15) is 0 Å². The van der Waals surface area contributed by atoms with E-state index >= 15 is 0 Å². The van der Waals surface area contributed by atoms with Crippen molar-refractivity contribution < 1.29 is 9.47 Å². The minimum atomic E-state index is 0.612. The van der Waals surface area contributed by atoms with E-state index in [2.05, 4.69) is 13.8 Å². The van der Waals surface area contributed by atoms with Gasteiger partial charge in [-0.2, -0.15) is 0 Å². The summed E-state index contributed by atoms with van der Waals surface area (Å²) in [6, 6.07) is 0. The summed E-state index contributed by atoms with van der Waals surface area (Å²) in [4.78, 5) is 0. The monoisotopic (exact) mass is 238 g/mol. The molecule has 6 atom stereocenters. The van der Waals surface area contributed by atoms with E-state index in [4.69, 9.17) is 9.47 Å². The normalized spacial score (nSPS) is 47.6. The molecule has 2 heteroatoms. The third-order valence-corrected chi connectivity index (χ3v) is 4.82. The van der Waals surface area contributed by atoms with Crippen molar-refractivity contribution >= 4 is 0 Å². The second-order valence-electron chi connectivity index (χ2n) is 6.39. The summed E-state index contributed by atoms with van der Waals surface area (Å²) in [6.45, 7) is 4.60. The fourth-order valence-corrected chi connectivity index (χ4v) is 3.75. The molecule has 17 heavy (non-hydrogen) atoms. The zero-order valence-electron chi connectivity index (χ0n) is 11.2. The first kappa shape index (κ1) is 12.0. The van der Waals surface area contributed by atoms with Crippen LogP contribution in [0.3, 0.4) is 0 Å². The molecule has 98 valence electrons. The van der Waals surface area contributed by atoms with Crippen LogP contribution in [-0.2, 0) is 9.47 Å². The molecule has 0 N–H and O–H groups in total. The zero-order valence-corrected chi connectivity index (χ0v) is 11.2. The molecular weight excluding hydrogens is 212 g/mol. The first-order valence-corrected chi connectivity index (χ1v) is 7.59. The van der Waals surface area contributed by atoms with Gasteiger partial charge in [-0.05, 0) is 37.5 Å². The molecule has 2 saturated heterocycles. The Hall–Kier alpha value is -0.0800. The van der Waals surface area contributed by atoms with Crippen LogP contribution < -0.4 is 0 Å². The smallest absolute Gasteiger partial charge is 0.0867 e. The summed E-state index contributed by atoms with van der Waals surface area (Å²) in [6.07, 6.45) is 11.8. The SMILES string of the molecule is CCCC1OC1CCCC1CC(C)C2OC2C1. The molecule has 6 unspecified atom stereocenters. The third kappa shape index (κ3) is 2.85. The standard InChI is InChI=1S/C15H26O2/c1-3-5-12-13(16-12)7-4-6-11-8-10(2)15-14(9-11)17-15/h10-15H,3-9H2,1-2H3. The number of fused-ring (bicyclic) bond motifs is 1. The van der Waals surface area contributed by atoms with E-state index in [0.717, 1.165) is 11.8 Å². The van der Waals surface area contributed by atoms with E-state index in [1.807, 2.05) is 0 Å². The summed E-state index contributed by atoms with van der Waals surface area (Å²) >= 11 is 0. The van der Waals surface area contributed by atoms with Crippen molar-refractivity contribution in [2.24, 2.45) is 11.8 Å². The Morgan fingerprint density at radius 1 is 1.00 bits per heavy atom. The quantitative estimate of drug-likeness (QED) is 0.661. The predicted molar refractivity (Wildman–Crippen MR) is 68.0 cm³/mol. The average molecular weight is 238 g/mol. The minimum Gasteiger partial charge on any atom is -0.370 e. The highest BCUT2D eigenvalue weighted by Crippen LogP contribution is 2.45. The predicted octanol–water partition coefficient (Wildman–Crippen LogP) is 3.54. The van der Waals surface area contributed by atoms with E-state index < -0.39 is 0 Å².